The summed E-state index contributed by atoms with van der Waals surface area (Å²) in [6, 6.07) is 2.14. The van der Waals surface area contributed by atoms with Crippen LogP contribution in [-0.4, -0.2) is 70.5 Å². The highest BCUT2D eigenvalue weighted by atomic mass is 31.1. The maximum Gasteiger partial charge on any atom is 0.342 e. The van der Waals surface area contributed by atoms with Gasteiger partial charge in [-0.05, 0) is 32.9 Å². The van der Waals surface area contributed by atoms with Crippen molar-refractivity contribution in [3.05, 3.63) is 30.1 Å². The molecule has 1 aliphatic rings. The van der Waals surface area contributed by atoms with Gasteiger partial charge in [-0.1, -0.05) is 0 Å². The van der Waals surface area contributed by atoms with Crippen molar-refractivity contribution in [1.29, 1.82) is 0 Å². The Morgan fingerprint density at radius 1 is 1.31 bits per heavy atom. The molecule has 2 heterocycles. The second-order valence-electron chi connectivity index (χ2n) is 6.62. The van der Waals surface area contributed by atoms with Crippen molar-refractivity contribution >= 4 is 20.1 Å². The van der Waals surface area contributed by atoms with Crippen molar-refractivity contribution in [3.63, 3.8) is 0 Å². The number of pyridine rings is 1. The van der Waals surface area contributed by atoms with Crippen LogP contribution in [0, 0.1) is 0 Å². The molecule has 0 aliphatic carbocycles. The highest BCUT2D eigenvalue weighted by Gasteiger charge is 2.45. The Bertz CT molecular complexity index is 718. The molecule has 11 nitrogen and oxygen atoms in total. The predicted octanol–water partition coefficient (Wildman–Crippen LogP) is 0.0211. The van der Waals surface area contributed by atoms with Gasteiger partial charge in [0.15, 0.2) is 0 Å². The van der Waals surface area contributed by atoms with Crippen molar-refractivity contribution in [2.75, 3.05) is 6.61 Å². The van der Waals surface area contributed by atoms with Crippen LogP contribution in [0.3, 0.4) is 0 Å². The molecule has 1 fully saturated rings. The highest BCUT2D eigenvalue weighted by Crippen LogP contribution is 2.27. The fourth-order valence-corrected chi connectivity index (χ4v) is 3.25. The van der Waals surface area contributed by atoms with Crippen LogP contribution < -0.4 is 5.09 Å². The molecule has 0 radical (unpaired) electrons. The van der Waals surface area contributed by atoms with E-state index in [1.165, 1.54) is 31.5 Å². The quantitative estimate of drug-likeness (QED) is 0.357. The average molecular weight is 432 g/mol. The number of carbonyl (C=O) groups excluding carboxylic acids is 2. The normalized spacial score (nSPS) is 26.1. The van der Waals surface area contributed by atoms with Crippen LogP contribution in [-0.2, 0) is 28.1 Å². The third-order valence-electron chi connectivity index (χ3n) is 3.86. The van der Waals surface area contributed by atoms with Crippen LogP contribution in [0.15, 0.2) is 24.5 Å². The Morgan fingerprint density at radius 2 is 2.03 bits per heavy atom. The van der Waals surface area contributed by atoms with E-state index in [2.05, 4.69) is 10.1 Å². The minimum atomic E-state index is -2.87. The molecule has 0 spiro atoms. The molecule has 162 valence electrons. The lowest BCUT2D eigenvalue weighted by atomic mass is 10.1. The molecule has 2 unspecified atom stereocenters. The number of hydrogen-bond donors (Lipinski definition) is 3. The van der Waals surface area contributed by atoms with E-state index >= 15 is 0 Å². The standard InChI is InChI=1S/C17H25N2O9P/c1-9(2)26-15(22)10(3)19-29(24)25-8-12-13(20)14(21)17(27-12)28-16(23)11-5-4-6-18-7-11/h4-7,9-10,12-14,17,20-21,29H,8H2,1-3H3,(H,19,24)/t10-,12-,13-,14-,17?/m1/s1. The number of rotatable bonds is 9. The maximum absolute atomic E-state index is 12.0. The zero-order valence-corrected chi connectivity index (χ0v) is 17.2. The Labute approximate surface area is 168 Å². The molecule has 0 saturated carbocycles. The lowest BCUT2D eigenvalue weighted by molar-refractivity contribution is -0.149. The highest BCUT2D eigenvalue weighted by molar-refractivity contribution is 7.36. The zero-order chi connectivity index (χ0) is 21.6. The number of nitrogens with one attached hydrogen (secondary N) is 1. The van der Waals surface area contributed by atoms with E-state index in [0.717, 1.165) is 0 Å². The molecule has 2 rings (SSSR count). The topological polar surface area (TPSA) is 154 Å². The maximum atomic E-state index is 12.0. The molecular formula is C17H25N2O9P. The fraction of sp³-hybridized carbons (Fsp3) is 0.588. The number of carbonyl (C=O) groups is 2. The molecule has 1 aliphatic heterocycles. The van der Waals surface area contributed by atoms with Crippen LogP contribution in [0.4, 0.5) is 0 Å². The van der Waals surface area contributed by atoms with Gasteiger partial charge < -0.3 is 28.9 Å². The van der Waals surface area contributed by atoms with Gasteiger partial charge in [-0.25, -0.2) is 9.88 Å². The average Bonchev–Trinajstić information content (AvgIpc) is 2.94. The van der Waals surface area contributed by atoms with Crippen LogP contribution in [0.2, 0.25) is 0 Å². The van der Waals surface area contributed by atoms with Crippen LogP contribution in [0.1, 0.15) is 31.1 Å². The molecule has 0 aromatic carbocycles. The van der Waals surface area contributed by atoms with Crippen molar-refractivity contribution in [3.8, 4) is 0 Å². The minimum absolute atomic E-state index is 0.147. The summed E-state index contributed by atoms with van der Waals surface area (Å²) in [4.78, 5) is 27.5. The van der Waals surface area contributed by atoms with Gasteiger partial charge in [-0.2, -0.15) is 0 Å². The smallest absolute Gasteiger partial charge is 0.342 e. The first-order valence-corrected chi connectivity index (χ1v) is 10.3. The lowest BCUT2D eigenvalue weighted by Gasteiger charge is -2.17. The molecule has 0 bridgehead atoms. The van der Waals surface area contributed by atoms with Gasteiger partial charge in [0.2, 0.25) is 6.29 Å². The fourth-order valence-electron chi connectivity index (χ4n) is 2.38. The molecule has 0 amide bonds. The zero-order valence-electron chi connectivity index (χ0n) is 16.2. The van der Waals surface area contributed by atoms with E-state index in [1.54, 1.807) is 13.8 Å². The van der Waals surface area contributed by atoms with Crippen molar-refractivity contribution < 1.29 is 43.1 Å². The van der Waals surface area contributed by atoms with E-state index in [-0.39, 0.29) is 18.3 Å². The first kappa shape index (κ1) is 23.4. The molecule has 29 heavy (non-hydrogen) atoms. The first-order chi connectivity index (χ1) is 13.7. The van der Waals surface area contributed by atoms with Crippen LogP contribution in [0.5, 0.6) is 0 Å². The number of nitrogens with zero attached hydrogens (tertiary/aromatic N) is 1. The second kappa shape index (κ2) is 10.8. The Balaban J connectivity index is 1.82. The first-order valence-electron chi connectivity index (χ1n) is 8.95. The number of ether oxygens (including phenoxy) is 3. The van der Waals surface area contributed by atoms with Gasteiger partial charge in [0.05, 0.1) is 18.3 Å². The summed E-state index contributed by atoms with van der Waals surface area (Å²) in [6.45, 7) is 4.48. The van der Waals surface area contributed by atoms with E-state index < -0.39 is 50.8 Å². The number of hydrogen-bond acceptors (Lipinski definition) is 10. The van der Waals surface area contributed by atoms with Crippen molar-refractivity contribution in [1.82, 2.24) is 10.1 Å². The molecule has 1 saturated heterocycles. The molecular weight excluding hydrogens is 407 g/mol. The summed E-state index contributed by atoms with van der Waals surface area (Å²) >= 11 is 0. The van der Waals surface area contributed by atoms with Crippen LogP contribution >= 0.6 is 8.18 Å². The third-order valence-corrected chi connectivity index (χ3v) is 4.96. The monoisotopic (exact) mass is 432 g/mol. The summed E-state index contributed by atoms with van der Waals surface area (Å²) in [6.07, 6.45) is -3.02. The molecule has 1 aromatic rings. The number of aliphatic hydroxyl groups is 2. The van der Waals surface area contributed by atoms with Crippen molar-refractivity contribution in [2.45, 2.75) is 57.5 Å². The summed E-state index contributed by atoms with van der Waals surface area (Å²) in [5.41, 5.74) is 0.147. The van der Waals surface area contributed by atoms with Gasteiger partial charge in [0, 0.05) is 12.4 Å². The number of aliphatic hydroxyl groups excluding tert-OH is 2. The Kier molecular flexibility index (Phi) is 8.69. The number of aromatic nitrogens is 1. The summed E-state index contributed by atoms with van der Waals surface area (Å²) in [5.74, 6) is -1.37. The largest absolute Gasteiger partial charge is 0.462 e. The van der Waals surface area contributed by atoms with Crippen molar-refractivity contribution in [2.24, 2.45) is 0 Å². The van der Waals surface area contributed by atoms with Gasteiger partial charge >= 0.3 is 11.9 Å². The van der Waals surface area contributed by atoms with Gasteiger partial charge in [-0.15, -0.1) is 0 Å². The lowest BCUT2D eigenvalue weighted by Crippen LogP contribution is -2.36. The summed E-state index contributed by atoms with van der Waals surface area (Å²) in [5, 5.41) is 22.5. The van der Waals surface area contributed by atoms with Crippen LogP contribution in [0.25, 0.3) is 0 Å². The minimum Gasteiger partial charge on any atom is -0.462 e. The van der Waals surface area contributed by atoms with Gasteiger partial charge in [0.25, 0.3) is 8.18 Å². The van der Waals surface area contributed by atoms with Gasteiger partial charge in [0.1, 0.15) is 24.4 Å². The molecule has 12 heteroatoms. The summed E-state index contributed by atoms with van der Waals surface area (Å²) in [7, 11) is -2.87. The predicted molar refractivity (Wildman–Crippen MR) is 99.1 cm³/mol. The molecule has 3 N–H and O–H groups in total. The third kappa shape index (κ3) is 6.84. The Hall–Kier alpha value is -1.88. The number of esters is 2. The van der Waals surface area contributed by atoms with E-state index in [1.807, 2.05) is 0 Å². The van der Waals surface area contributed by atoms with E-state index in [9.17, 15) is 24.4 Å². The Morgan fingerprint density at radius 3 is 2.66 bits per heavy atom. The van der Waals surface area contributed by atoms with Gasteiger partial charge in [-0.3, -0.25) is 14.3 Å². The van der Waals surface area contributed by atoms with E-state index in [0.29, 0.717) is 0 Å². The van der Waals surface area contributed by atoms with E-state index in [4.69, 9.17) is 18.7 Å². The second-order valence-corrected chi connectivity index (χ2v) is 7.77. The summed E-state index contributed by atoms with van der Waals surface area (Å²) < 4.78 is 32.4. The molecule has 6 atom stereocenters. The molecule has 1 aromatic heterocycles. The SMILES string of the molecule is CC(C)OC(=O)[C@@H](C)N[PH](=O)OC[C@H]1OC(OC(=O)c2cccnc2)[C@H](O)[C@@H]1O.